The van der Waals surface area contributed by atoms with Crippen molar-refractivity contribution in [1.82, 2.24) is 4.57 Å². The molecular formula is C19H21N3O4S. The largest absolute Gasteiger partial charge is 0.462 e. The standard InChI is InChI=1S/C19H21N3O4S/c1-4-25-19(24)16-15(14(8-20)17(21)27-16)9-26-18(23)13-7-10(2)22(11(13)3)12-5-6-12/h7,12H,4-6,9,21H2,1-3H3. The quantitative estimate of drug-likeness (QED) is 0.760. The molecule has 27 heavy (non-hydrogen) atoms. The number of anilines is 1. The fraction of sp³-hybridized carbons (Fsp3) is 0.421. The Bertz CT molecular complexity index is 947. The summed E-state index contributed by atoms with van der Waals surface area (Å²) < 4.78 is 12.6. The minimum Gasteiger partial charge on any atom is -0.462 e. The van der Waals surface area contributed by atoms with Crippen molar-refractivity contribution < 1.29 is 19.1 Å². The molecule has 0 amide bonds. The van der Waals surface area contributed by atoms with Crippen molar-refractivity contribution in [3.63, 3.8) is 0 Å². The molecule has 0 bridgehead atoms. The topological polar surface area (TPSA) is 107 Å². The van der Waals surface area contributed by atoms with Gasteiger partial charge in [0, 0.05) is 23.0 Å². The summed E-state index contributed by atoms with van der Waals surface area (Å²) >= 11 is 0.968. The van der Waals surface area contributed by atoms with Crippen molar-refractivity contribution in [2.75, 3.05) is 12.3 Å². The van der Waals surface area contributed by atoms with Gasteiger partial charge >= 0.3 is 11.9 Å². The molecule has 0 aliphatic heterocycles. The van der Waals surface area contributed by atoms with Gasteiger partial charge in [0.15, 0.2) is 0 Å². The number of ether oxygens (including phenoxy) is 2. The number of carbonyl (C=O) groups is 2. The third-order valence-electron chi connectivity index (χ3n) is 4.57. The molecule has 7 nitrogen and oxygen atoms in total. The van der Waals surface area contributed by atoms with Crippen molar-refractivity contribution in [2.45, 2.75) is 46.3 Å². The van der Waals surface area contributed by atoms with Crippen LogP contribution in [0.4, 0.5) is 5.00 Å². The molecule has 1 saturated carbocycles. The van der Waals surface area contributed by atoms with E-state index in [0.717, 1.165) is 35.6 Å². The number of thiophene rings is 1. The molecule has 0 aromatic carbocycles. The Kier molecular flexibility index (Phi) is 5.24. The minimum atomic E-state index is -0.575. The molecule has 8 heteroatoms. The first kappa shape index (κ1) is 19.0. The maximum absolute atomic E-state index is 12.6. The number of rotatable bonds is 6. The maximum atomic E-state index is 12.6. The van der Waals surface area contributed by atoms with E-state index < -0.39 is 11.9 Å². The Morgan fingerprint density at radius 3 is 2.63 bits per heavy atom. The van der Waals surface area contributed by atoms with Crippen molar-refractivity contribution >= 4 is 28.3 Å². The summed E-state index contributed by atoms with van der Waals surface area (Å²) in [6.07, 6.45) is 2.24. The summed E-state index contributed by atoms with van der Waals surface area (Å²) in [5.74, 6) is -1.06. The molecule has 0 radical (unpaired) electrons. The van der Waals surface area contributed by atoms with E-state index in [4.69, 9.17) is 15.2 Å². The molecule has 1 aliphatic carbocycles. The van der Waals surface area contributed by atoms with Gasteiger partial charge in [-0.15, -0.1) is 11.3 Å². The number of hydrogen-bond donors (Lipinski definition) is 1. The van der Waals surface area contributed by atoms with Crippen LogP contribution in [0, 0.1) is 25.2 Å². The number of hydrogen-bond acceptors (Lipinski definition) is 7. The Labute approximate surface area is 161 Å². The minimum absolute atomic E-state index is 0.152. The van der Waals surface area contributed by atoms with Crippen LogP contribution in [0.5, 0.6) is 0 Å². The van der Waals surface area contributed by atoms with Crippen LogP contribution >= 0.6 is 11.3 Å². The van der Waals surface area contributed by atoms with Gasteiger partial charge in [-0.3, -0.25) is 0 Å². The average molecular weight is 387 g/mol. The fourth-order valence-corrected chi connectivity index (χ4v) is 4.12. The SMILES string of the molecule is CCOC(=O)c1sc(N)c(C#N)c1COC(=O)c1cc(C)n(C2CC2)c1C. The highest BCUT2D eigenvalue weighted by Gasteiger charge is 2.29. The molecule has 0 unspecified atom stereocenters. The Morgan fingerprint density at radius 2 is 2.04 bits per heavy atom. The normalized spacial score (nSPS) is 13.3. The van der Waals surface area contributed by atoms with Gasteiger partial charge in [0.25, 0.3) is 0 Å². The lowest BCUT2D eigenvalue weighted by Crippen LogP contribution is -2.11. The molecular weight excluding hydrogens is 366 g/mol. The van der Waals surface area contributed by atoms with Crippen LogP contribution in [0.15, 0.2) is 6.07 Å². The summed E-state index contributed by atoms with van der Waals surface area (Å²) in [6.45, 7) is 5.54. The zero-order valence-electron chi connectivity index (χ0n) is 15.5. The summed E-state index contributed by atoms with van der Waals surface area (Å²) in [5, 5.41) is 9.55. The lowest BCUT2D eigenvalue weighted by molar-refractivity contribution is 0.0452. The number of nitrogen functional groups attached to an aromatic ring is 1. The zero-order valence-corrected chi connectivity index (χ0v) is 16.3. The van der Waals surface area contributed by atoms with Gasteiger partial charge in [0.1, 0.15) is 22.6 Å². The zero-order chi connectivity index (χ0) is 19.7. The van der Waals surface area contributed by atoms with E-state index in [-0.39, 0.29) is 28.7 Å². The first-order valence-electron chi connectivity index (χ1n) is 8.72. The monoisotopic (exact) mass is 387 g/mol. The number of nitriles is 1. The van der Waals surface area contributed by atoms with Crippen LogP contribution in [-0.2, 0) is 16.1 Å². The predicted octanol–water partition coefficient (Wildman–Crippen LogP) is 3.49. The van der Waals surface area contributed by atoms with Gasteiger partial charge in [-0.1, -0.05) is 0 Å². The highest BCUT2D eigenvalue weighted by molar-refractivity contribution is 7.18. The van der Waals surface area contributed by atoms with Crippen LogP contribution in [0.25, 0.3) is 0 Å². The summed E-state index contributed by atoms with van der Waals surface area (Å²) in [4.78, 5) is 24.9. The Balaban J connectivity index is 1.82. The van der Waals surface area contributed by atoms with Crippen molar-refractivity contribution in [3.8, 4) is 6.07 Å². The molecule has 2 aromatic rings. The van der Waals surface area contributed by atoms with Crippen LogP contribution < -0.4 is 5.73 Å². The Hall–Kier alpha value is -2.79. The Morgan fingerprint density at radius 1 is 1.33 bits per heavy atom. The van der Waals surface area contributed by atoms with Crippen molar-refractivity contribution in [2.24, 2.45) is 0 Å². The molecule has 0 atom stereocenters. The lowest BCUT2D eigenvalue weighted by Gasteiger charge is -2.09. The number of aryl methyl sites for hydroxylation is 1. The predicted molar refractivity (Wildman–Crippen MR) is 101 cm³/mol. The number of esters is 2. The summed E-state index contributed by atoms with van der Waals surface area (Å²) in [7, 11) is 0. The molecule has 3 rings (SSSR count). The van der Waals surface area contributed by atoms with Crippen molar-refractivity contribution in [3.05, 3.63) is 39.0 Å². The lowest BCUT2D eigenvalue weighted by atomic mass is 10.1. The van der Waals surface area contributed by atoms with Gasteiger partial charge in [-0.25, -0.2) is 9.59 Å². The summed E-state index contributed by atoms with van der Waals surface area (Å²) in [6, 6.07) is 4.25. The van der Waals surface area contributed by atoms with Gasteiger partial charge < -0.3 is 19.8 Å². The first-order chi connectivity index (χ1) is 12.9. The fourth-order valence-electron chi connectivity index (χ4n) is 3.20. The molecule has 0 spiro atoms. The second kappa shape index (κ2) is 7.45. The van der Waals surface area contributed by atoms with E-state index in [1.54, 1.807) is 6.92 Å². The van der Waals surface area contributed by atoms with E-state index >= 15 is 0 Å². The van der Waals surface area contributed by atoms with Crippen LogP contribution in [0.3, 0.4) is 0 Å². The van der Waals surface area contributed by atoms with Crippen LogP contribution in [0.1, 0.15) is 68.4 Å². The average Bonchev–Trinajstić information content (AvgIpc) is 3.34. The van der Waals surface area contributed by atoms with E-state index in [1.165, 1.54) is 0 Å². The number of nitrogens with two attached hydrogens (primary N) is 1. The third-order valence-corrected chi connectivity index (χ3v) is 5.61. The summed E-state index contributed by atoms with van der Waals surface area (Å²) in [5.41, 5.74) is 8.67. The smallest absolute Gasteiger partial charge is 0.348 e. The molecule has 2 heterocycles. The highest BCUT2D eigenvalue weighted by atomic mass is 32.1. The van der Waals surface area contributed by atoms with E-state index in [2.05, 4.69) is 4.57 Å². The van der Waals surface area contributed by atoms with Gasteiger partial charge in [0.2, 0.25) is 0 Å². The molecule has 2 N–H and O–H groups in total. The second-order valence-electron chi connectivity index (χ2n) is 6.44. The first-order valence-corrected chi connectivity index (χ1v) is 9.54. The van der Waals surface area contributed by atoms with Crippen LogP contribution in [0.2, 0.25) is 0 Å². The van der Waals surface area contributed by atoms with Crippen molar-refractivity contribution in [1.29, 1.82) is 5.26 Å². The number of nitrogens with zero attached hydrogens (tertiary/aromatic N) is 2. The van der Waals surface area contributed by atoms with Crippen LogP contribution in [-0.4, -0.2) is 23.1 Å². The number of carbonyl (C=O) groups excluding carboxylic acids is 2. The third kappa shape index (κ3) is 3.55. The van der Waals surface area contributed by atoms with E-state index in [9.17, 15) is 14.9 Å². The molecule has 1 fully saturated rings. The van der Waals surface area contributed by atoms with Gasteiger partial charge in [-0.05, 0) is 39.7 Å². The molecule has 1 aliphatic rings. The maximum Gasteiger partial charge on any atom is 0.348 e. The van der Waals surface area contributed by atoms with Gasteiger partial charge in [-0.2, -0.15) is 5.26 Å². The van der Waals surface area contributed by atoms with E-state index in [0.29, 0.717) is 17.2 Å². The molecule has 142 valence electrons. The number of aromatic nitrogens is 1. The highest BCUT2D eigenvalue weighted by Crippen LogP contribution is 2.38. The molecule has 2 aromatic heterocycles. The van der Waals surface area contributed by atoms with E-state index in [1.807, 2.05) is 26.0 Å². The second-order valence-corrected chi connectivity index (χ2v) is 7.50. The molecule has 0 saturated heterocycles. The van der Waals surface area contributed by atoms with Gasteiger partial charge in [0.05, 0.1) is 17.7 Å².